The molecule has 1 aromatic carbocycles. The highest BCUT2D eigenvalue weighted by Gasteiger charge is 2.25. The van der Waals surface area contributed by atoms with E-state index in [0.29, 0.717) is 4.88 Å². The monoisotopic (exact) mass is 391 g/mol. The minimum absolute atomic E-state index is 0.265. The van der Waals surface area contributed by atoms with E-state index < -0.39 is 23.3 Å². The van der Waals surface area contributed by atoms with Crippen LogP contribution in [0.5, 0.6) is 0 Å². The summed E-state index contributed by atoms with van der Waals surface area (Å²) in [5.41, 5.74) is 4.80. The Kier molecular flexibility index (Phi) is 6.32. The fourth-order valence-electron chi connectivity index (χ4n) is 2.00. The molecular formula is C19H22FN3O3S. The van der Waals surface area contributed by atoms with Crippen molar-refractivity contribution in [2.45, 2.75) is 33.7 Å². The number of hydrazine groups is 1. The number of carbonyl (C=O) groups is 3. The van der Waals surface area contributed by atoms with Crippen LogP contribution >= 0.6 is 11.3 Å². The number of hydrogen-bond donors (Lipinski definition) is 3. The lowest BCUT2D eigenvalue weighted by Crippen LogP contribution is -2.52. The number of rotatable bonds is 4. The number of carbonyl (C=O) groups excluding carboxylic acids is 3. The maximum atomic E-state index is 13.0. The van der Waals surface area contributed by atoms with Crippen molar-refractivity contribution < 1.29 is 18.8 Å². The molecular weight excluding hydrogens is 369 g/mol. The first-order chi connectivity index (χ1) is 12.6. The third-order valence-electron chi connectivity index (χ3n) is 3.68. The third kappa shape index (κ3) is 5.62. The summed E-state index contributed by atoms with van der Waals surface area (Å²) in [6.45, 7) is 6.75. The van der Waals surface area contributed by atoms with Crippen LogP contribution in [0.15, 0.2) is 36.4 Å². The van der Waals surface area contributed by atoms with E-state index in [-0.39, 0.29) is 11.7 Å². The van der Waals surface area contributed by atoms with E-state index in [1.165, 1.54) is 30.4 Å². The number of thiophene rings is 1. The fraction of sp³-hybridized carbons (Fsp3) is 0.316. The van der Waals surface area contributed by atoms with Gasteiger partial charge in [-0.1, -0.05) is 32.9 Å². The number of nitrogens with one attached hydrogen (secondary N) is 3. The van der Waals surface area contributed by atoms with Gasteiger partial charge in [0.25, 0.3) is 11.8 Å². The normalized spacial score (nSPS) is 12.2. The van der Waals surface area contributed by atoms with Crippen LogP contribution in [-0.2, 0) is 9.59 Å². The average Bonchev–Trinajstić information content (AvgIpc) is 3.09. The molecule has 0 spiro atoms. The first-order valence-electron chi connectivity index (χ1n) is 8.35. The highest BCUT2D eigenvalue weighted by atomic mass is 32.1. The first kappa shape index (κ1) is 20.6. The Morgan fingerprint density at radius 1 is 1.00 bits per heavy atom. The molecule has 0 aliphatic rings. The quantitative estimate of drug-likeness (QED) is 0.701. The lowest BCUT2D eigenvalue weighted by Gasteiger charge is -2.21. The number of amides is 3. The van der Waals surface area contributed by atoms with E-state index in [2.05, 4.69) is 16.2 Å². The maximum absolute atomic E-state index is 13.0. The molecule has 3 amide bonds. The van der Waals surface area contributed by atoms with Gasteiger partial charge in [0, 0.05) is 10.3 Å². The van der Waals surface area contributed by atoms with E-state index in [1.807, 2.05) is 0 Å². The van der Waals surface area contributed by atoms with Crippen molar-refractivity contribution in [2.75, 3.05) is 0 Å². The van der Waals surface area contributed by atoms with Crippen molar-refractivity contribution in [3.63, 3.8) is 0 Å². The predicted octanol–water partition coefficient (Wildman–Crippen LogP) is 2.87. The van der Waals surface area contributed by atoms with Crippen molar-refractivity contribution >= 4 is 29.1 Å². The summed E-state index contributed by atoms with van der Waals surface area (Å²) in [5.74, 6) is -1.60. The molecule has 0 saturated carbocycles. The molecule has 6 nitrogen and oxygen atoms in total. The molecule has 1 aromatic heterocycles. The van der Waals surface area contributed by atoms with Gasteiger partial charge >= 0.3 is 0 Å². The number of benzene rings is 1. The summed E-state index contributed by atoms with van der Waals surface area (Å²) in [6, 6.07) is 8.53. The molecule has 1 heterocycles. The predicted molar refractivity (Wildman–Crippen MR) is 102 cm³/mol. The second-order valence-corrected chi connectivity index (χ2v) is 8.14. The maximum Gasteiger partial charge on any atom is 0.279 e. The second-order valence-electron chi connectivity index (χ2n) is 7.06. The smallest absolute Gasteiger partial charge is 0.279 e. The molecule has 0 bridgehead atoms. The summed E-state index contributed by atoms with van der Waals surface area (Å²) in [5, 5.41) is 2.58. The van der Waals surface area contributed by atoms with Gasteiger partial charge in [0.15, 0.2) is 0 Å². The van der Waals surface area contributed by atoms with Gasteiger partial charge in [-0.3, -0.25) is 25.2 Å². The molecule has 2 rings (SSSR count). The second kappa shape index (κ2) is 8.30. The van der Waals surface area contributed by atoms with E-state index >= 15 is 0 Å². The Balaban J connectivity index is 1.91. The molecule has 144 valence electrons. The van der Waals surface area contributed by atoms with Gasteiger partial charge in [0.1, 0.15) is 11.9 Å². The molecule has 0 saturated heterocycles. The topological polar surface area (TPSA) is 87.3 Å². The lowest BCUT2D eigenvalue weighted by atomic mass is 9.95. The largest absolute Gasteiger partial charge is 0.344 e. The van der Waals surface area contributed by atoms with Gasteiger partial charge < -0.3 is 5.32 Å². The molecule has 0 fully saturated rings. The minimum Gasteiger partial charge on any atom is -0.344 e. The zero-order valence-corrected chi connectivity index (χ0v) is 16.4. The van der Waals surface area contributed by atoms with E-state index in [0.717, 1.165) is 10.4 Å². The van der Waals surface area contributed by atoms with Crippen molar-refractivity contribution in [3.8, 4) is 10.4 Å². The van der Waals surface area contributed by atoms with Gasteiger partial charge in [-0.05, 0) is 36.8 Å². The molecule has 1 atom stereocenters. The Morgan fingerprint density at radius 3 is 2.22 bits per heavy atom. The van der Waals surface area contributed by atoms with Crippen LogP contribution in [-0.4, -0.2) is 23.8 Å². The van der Waals surface area contributed by atoms with Crippen molar-refractivity contribution in [3.05, 3.63) is 47.1 Å². The summed E-state index contributed by atoms with van der Waals surface area (Å²) in [4.78, 5) is 37.3. The average molecular weight is 391 g/mol. The third-order valence-corrected chi connectivity index (χ3v) is 4.81. The molecule has 27 heavy (non-hydrogen) atoms. The van der Waals surface area contributed by atoms with Crippen LogP contribution in [0.3, 0.4) is 0 Å². The molecule has 8 heteroatoms. The summed E-state index contributed by atoms with van der Waals surface area (Å²) >= 11 is 1.22. The Labute approximate surface area is 161 Å². The number of halogens is 1. The highest BCUT2D eigenvalue weighted by molar-refractivity contribution is 7.17. The number of hydrogen-bond acceptors (Lipinski definition) is 4. The summed E-state index contributed by atoms with van der Waals surface area (Å²) in [6.07, 6.45) is 0. The van der Waals surface area contributed by atoms with Crippen LogP contribution in [0.4, 0.5) is 4.39 Å². The molecule has 3 N–H and O–H groups in total. The van der Waals surface area contributed by atoms with Crippen molar-refractivity contribution in [1.29, 1.82) is 0 Å². The van der Waals surface area contributed by atoms with E-state index in [4.69, 9.17) is 0 Å². The SMILES string of the molecule is C[C@@H](NC(=O)C(C)(C)C)C(=O)NNC(=O)c1ccc(-c2ccc(F)cc2)s1. The Hall–Kier alpha value is -2.74. The molecule has 0 radical (unpaired) electrons. The van der Waals surface area contributed by atoms with Gasteiger partial charge in [-0.2, -0.15) is 0 Å². The van der Waals surface area contributed by atoms with E-state index in [1.54, 1.807) is 45.0 Å². The van der Waals surface area contributed by atoms with Crippen molar-refractivity contribution in [2.24, 2.45) is 5.41 Å². The molecule has 2 aromatic rings. The summed E-state index contributed by atoms with van der Waals surface area (Å²) in [7, 11) is 0. The standard InChI is InChI=1S/C19H22FN3O3S/c1-11(21-18(26)19(2,3)4)16(24)22-23-17(25)15-10-9-14(27-15)12-5-7-13(20)8-6-12/h5-11H,1-4H3,(H,21,26)(H,22,24)(H,23,25)/t11-/m1/s1. The summed E-state index contributed by atoms with van der Waals surface area (Å²) < 4.78 is 13.0. The zero-order chi connectivity index (χ0) is 20.2. The minimum atomic E-state index is -0.796. The van der Waals surface area contributed by atoms with Gasteiger partial charge in [-0.25, -0.2) is 4.39 Å². The molecule has 0 aliphatic heterocycles. The molecule has 0 unspecified atom stereocenters. The van der Waals surface area contributed by atoms with Crippen molar-refractivity contribution in [1.82, 2.24) is 16.2 Å². The van der Waals surface area contributed by atoms with Gasteiger partial charge in [0.2, 0.25) is 5.91 Å². The Morgan fingerprint density at radius 2 is 1.63 bits per heavy atom. The lowest BCUT2D eigenvalue weighted by molar-refractivity contribution is -0.133. The molecule has 0 aliphatic carbocycles. The van der Waals surface area contributed by atoms with E-state index in [9.17, 15) is 18.8 Å². The van der Waals surface area contributed by atoms with Crippen LogP contribution in [0.2, 0.25) is 0 Å². The van der Waals surface area contributed by atoms with Crippen LogP contribution in [0.1, 0.15) is 37.4 Å². The van der Waals surface area contributed by atoms with Gasteiger partial charge in [0.05, 0.1) is 4.88 Å². The van der Waals surface area contributed by atoms with Gasteiger partial charge in [-0.15, -0.1) is 11.3 Å². The van der Waals surface area contributed by atoms with Crippen LogP contribution in [0.25, 0.3) is 10.4 Å². The van der Waals surface area contributed by atoms with Crippen LogP contribution in [0, 0.1) is 11.2 Å². The van der Waals surface area contributed by atoms with Crippen LogP contribution < -0.4 is 16.2 Å². The fourth-order valence-corrected chi connectivity index (χ4v) is 2.90. The zero-order valence-electron chi connectivity index (χ0n) is 15.6. The first-order valence-corrected chi connectivity index (χ1v) is 9.16. The Bertz CT molecular complexity index is 841. The highest BCUT2D eigenvalue weighted by Crippen LogP contribution is 2.28.